The summed E-state index contributed by atoms with van der Waals surface area (Å²) in [6, 6.07) is 65.7. The number of rotatable bonds is 12. The van der Waals surface area contributed by atoms with Gasteiger partial charge in [-0.1, -0.05) is 70.8 Å². The van der Waals surface area contributed by atoms with E-state index in [2.05, 4.69) is 9.97 Å². The van der Waals surface area contributed by atoms with Gasteiger partial charge in [-0.15, -0.1) is 0 Å². The van der Waals surface area contributed by atoms with E-state index in [-0.39, 0.29) is 0 Å². The first kappa shape index (κ1) is 60.6. The van der Waals surface area contributed by atoms with E-state index < -0.39 is 23.3 Å². The third-order valence-corrected chi connectivity index (χ3v) is 18.4. The Bertz CT molecular complexity index is 5210. The second-order valence-corrected chi connectivity index (χ2v) is 25.2. The molecule has 9 heterocycles. The van der Waals surface area contributed by atoms with Crippen molar-refractivity contribution in [3.63, 3.8) is 0 Å². The molecule has 0 saturated carbocycles. The molecule has 2 N–H and O–H groups in total. The van der Waals surface area contributed by atoms with Gasteiger partial charge in [0.2, 0.25) is 0 Å². The summed E-state index contributed by atoms with van der Waals surface area (Å²) in [4.78, 5) is 19.4. The summed E-state index contributed by atoms with van der Waals surface area (Å²) in [5.41, 5.74) is 22.4. The number of hydrogen-bond acceptors (Lipinski definition) is 6. The Balaban J connectivity index is 1.04. The molecule has 0 aliphatic carbocycles. The highest BCUT2D eigenvalue weighted by Gasteiger charge is 2.28. The molecule has 0 saturated heterocycles. The van der Waals surface area contributed by atoms with Gasteiger partial charge in [0.15, 0.2) is 0 Å². The maximum absolute atomic E-state index is 15.1. The Kier molecular flexibility index (Phi) is 14.9. The number of H-pyrrole nitrogens is 2. The minimum atomic E-state index is -0.397. The van der Waals surface area contributed by atoms with Crippen LogP contribution in [0.15, 0.2) is 243 Å². The van der Waals surface area contributed by atoms with Gasteiger partial charge in [0.05, 0.1) is 45.5 Å². The highest BCUT2D eigenvalue weighted by atomic mass is 19.1. The number of aromatic nitrogens is 12. The summed E-state index contributed by atoms with van der Waals surface area (Å²) in [7, 11) is 0. The molecule has 8 bridgehead atoms. The summed E-state index contributed by atoms with van der Waals surface area (Å²) in [5, 5.41) is 21.3. The smallest absolute Gasteiger partial charge is 0.123 e. The normalized spacial score (nSPS) is 11.9. The molecule has 7 aromatic heterocycles. The fourth-order valence-corrected chi connectivity index (χ4v) is 13.2. The number of aromatic amines is 2. The van der Waals surface area contributed by atoms with Crippen LogP contribution >= 0.6 is 0 Å². The molecule has 0 fully saturated rings. The van der Waals surface area contributed by atoms with Crippen molar-refractivity contribution in [1.82, 2.24) is 59.1 Å². The van der Waals surface area contributed by atoms with E-state index in [4.69, 9.17) is 30.4 Å². The van der Waals surface area contributed by atoms with Crippen molar-refractivity contribution in [3.8, 4) is 112 Å². The maximum Gasteiger partial charge on any atom is 0.123 e. The lowest BCUT2D eigenvalue weighted by Crippen LogP contribution is -1.94. The van der Waals surface area contributed by atoms with Gasteiger partial charge in [-0.3, -0.25) is 0 Å². The third-order valence-electron chi connectivity index (χ3n) is 18.4. The molecule has 0 spiro atoms. The standard InChI is InChI=1S/C84H58F4N12/c1-49-5-29-61(30-6-49)97-45-65(81(93-97)53-13-21-57(85)22-14-53)77-69-37-39-71(89-69)78(66-46-98(62-31-7-50(2)8-32-62)94-82(66)54-15-23-58(86)24-16-54)73-41-43-75(91-73)80(68-48-100(64-35-11-52(4)12-36-64)96-84(68)56-19-27-60(88)28-20-56)76-44-42-74(92-76)79(72-40-38-70(77)90-72)67-47-99(63-33-9-51(3)10-34-63)95-83(67)55-17-25-59(87)26-18-55/h5-48,89,92H,1-4H3. The predicted molar refractivity (Wildman–Crippen MR) is 390 cm³/mol. The average molecular weight is 1310 g/mol. The summed E-state index contributed by atoms with van der Waals surface area (Å²) in [5.74, 6) is -1.59. The number of hydrogen-bond donors (Lipinski definition) is 2. The van der Waals surface area contributed by atoms with Crippen molar-refractivity contribution in [2.24, 2.45) is 0 Å². The second kappa shape index (κ2) is 24.5. The molecule has 0 atom stereocenters. The molecule has 482 valence electrons. The fraction of sp³-hybridized carbons (Fsp3) is 0.0476. The van der Waals surface area contributed by atoms with Crippen LogP contribution in [-0.2, 0) is 0 Å². The average Bonchev–Trinajstić information content (AvgIpc) is 1.64. The molecule has 15 aromatic rings. The van der Waals surface area contributed by atoms with Gasteiger partial charge in [0, 0.05) is 114 Å². The topological polar surface area (TPSA) is 129 Å². The molecule has 0 unspecified atom stereocenters. The molecule has 8 aromatic carbocycles. The van der Waals surface area contributed by atoms with Crippen LogP contribution in [-0.4, -0.2) is 59.1 Å². The molecular weight excluding hydrogens is 1250 g/mol. The molecule has 2 aliphatic heterocycles. The Hall–Kier alpha value is -13.1. The lowest BCUT2D eigenvalue weighted by atomic mass is 10.00. The lowest BCUT2D eigenvalue weighted by molar-refractivity contribution is 0.627. The summed E-state index contributed by atoms with van der Waals surface area (Å²) >= 11 is 0. The SMILES string of the molecule is Cc1ccc(-n2cc(-c3c4nc(c(-c5cn(-c6ccc(C)cc6)nc5-c5ccc(F)cc5)c5ccc([nH]5)c(-c5cn(-c6ccc(C)cc6)nc5-c5ccc(F)cc5)c5nc(c(-c6cn(-c7ccc(C)cc7)nc6-c6ccc(F)cc6)c6ccc3[nH]6)C=C5)C=C4)c(-c3ccc(F)cc3)n2)cc1. The van der Waals surface area contributed by atoms with E-state index >= 15 is 17.6 Å². The highest BCUT2D eigenvalue weighted by molar-refractivity contribution is 6.04. The van der Waals surface area contributed by atoms with Gasteiger partial charge in [-0.2, -0.15) is 20.4 Å². The van der Waals surface area contributed by atoms with Crippen molar-refractivity contribution in [1.29, 1.82) is 0 Å². The van der Waals surface area contributed by atoms with Crippen LogP contribution in [0.4, 0.5) is 17.6 Å². The lowest BCUT2D eigenvalue weighted by Gasteiger charge is -2.08. The van der Waals surface area contributed by atoms with E-state index in [0.717, 1.165) is 45.0 Å². The van der Waals surface area contributed by atoms with E-state index in [9.17, 15) is 0 Å². The zero-order valence-electron chi connectivity index (χ0n) is 54.4. The molecule has 12 nitrogen and oxygen atoms in total. The van der Waals surface area contributed by atoms with Crippen LogP contribution in [0.5, 0.6) is 0 Å². The van der Waals surface area contributed by atoms with Gasteiger partial charge in [-0.05, 0) is 222 Å². The van der Waals surface area contributed by atoms with E-state index in [0.29, 0.717) is 134 Å². The van der Waals surface area contributed by atoms with E-state index in [1.165, 1.54) is 48.5 Å². The van der Waals surface area contributed by atoms with Gasteiger partial charge in [0.25, 0.3) is 0 Å². The van der Waals surface area contributed by atoms with Crippen LogP contribution in [0.3, 0.4) is 0 Å². The third kappa shape index (κ3) is 11.2. The quantitative estimate of drug-likeness (QED) is 0.117. The monoisotopic (exact) mass is 1310 g/mol. The summed E-state index contributed by atoms with van der Waals surface area (Å²) < 4.78 is 67.7. The van der Waals surface area contributed by atoms with Crippen molar-refractivity contribution < 1.29 is 17.6 Å². The zero-order valence-corrected chi connectivity index (χ0v) is 54.4. The van der Waals surface area contributed by atoms with Crippen molar-refractivity contribution in [3.05, 3.63) is 311 Å². The van der Waals surface area contributed by atoms with Gasteiger partial charge >= 0.3 is 0 Å². The minimum Gasteiger partial charge on any atom is -0.354 e. The second-order valence-electron chi connectivity index (χ2n) is 25.2. The van der Waals surface area contributed by atoms with Crippen LogP contribution in [0.2, 0.25) is 0 Å². The first-order chi connectivity index (χ1) is 48.7. The van der Waals surface area contributed by atoms with Crippen LogP contribution in [0, 0.1) is 51.0 Å². The van der Waals surface area contributed by atoms with Crippen molar-refractivity contribution in [2.45, 2.75) is 27.7 Å². The molecule has 16 heteroatoms. The number of fused-ring (bicyclic) bond motifs is 8. The number of nitrogens with zero attached hydrogens (tertiary/aromatic N) is 10. The largest absolute Gasteiger partial charge is 0.354 e. The molecule has 100 heavy (non-hydrogen) atoms. The van der Waals surface area contributed by atoms with Crippen molar-refractivity contribution >= 4 is 46.4 Å². The first-order valence-electron chi connectivity index (χ1n) is 32.6. The number of aryl methyl sites for hydroxylation is 4. The maximum atomic E-state index is 15.1. The molecule has 17 rings (SSSR count). The molecular formula is C84H58F4N12. The summed E-state index contributed by atoms with van der Waals surface area (Å²) in [6.45, 7) is 8.14. The summed E-state index contributed by atoms with van der Waals surface area (Å²) in [6.07, 6.45) is 15.9. The first-order valence-corrected chi connectivity index (χ1v) is 32.6. The zero-order chi connectivity index (χ0) is 67.9. The van der Waals surface area contributed by atoms with Crippen LogP contribution in [0.1, 0.15) is 45.0 Å². The van der Waals surface area contributed by atoms with Crippen LogP contribution in [0.25, 0.3) is 159 Å². The number of nitrogens with one attached hydrogen (secondary N) is 2. The van der Waals surface area contributed by atoms with E-state index in [1.807, 2.05) is 217 Å². The van der Waals surface area contributed by atoms with Crippen LogP contribution < -0.4 is 0 Å². The Labute approximate surface area is 571 Å². The van der Waals surface area contributed by atoms with Gasteiger partial charge in [-0.25, -0.2) is 46.3 Å². The number of benzene rings is 8. The van der Waals surface area contributed by atoms with E-state index in [1.54, 1.807) is 48.5 Å². The molecule has 0 amide bonds. The fourth-order valence-electron chi connectivity index (χ4n) is 13.2. The predicted octanol–water partition coefficient (Wildman–Crippen LogP) is 20.5. The molecule has 0 radical (unpaired) electrons. The van der Waals surface area contributed by atoms with Gasteiger partial charge < -0.3 is 9.97 Å². The molecule has 2 aliphatic rings. The highest BCUT2D eigenvalue weighted by Crippen LogP contribution is 2.46. The van der Waals surface area contributed by atoms with Crippen molar-refractivity contribution in [2.75, 3.05) is 0 Å². The Morgan fingerprint density at radius 2 is 0.450 bits per heavy atom. The van der Waals surface area contributed by atoms with Gasteiger partial charge in [0.1, 0.15) is 46.0 Å². The Morgan fingerprint density at radius 1 is 0.250 bits per heavy atom. The minimum absolute atomic E-state index is 0.397. The Morgan fingerprint density at radius 3 is 0.650 bits per heavy atom. The number of halogens is 4.